The Hall–Kier alpha value is -1.67. The molecule has 2 rings (SSSR count). The van der Waals surface area contributed by atoms with E-state index in [1.807, 2.05) is 39.0 Å². The Morgan fingerprint density at radius 2 is 1.58 bits per heavy atom. The van der Waals surface area contributed by atoms with Crippen LogP contribution in [0.15, 0.2) is 36.4 Å². The maximum atomic E-state index is 13.2. The molecule has 0 bridgehead atoms. The first-order valence-electron chi connectivity index (χ1n) is 6.39. The second kappa shape index (κ2) is 4.78. The van der Waals surface area contributed by atoms with Crippen LogP contribution in [0.5, 0.6) is 0 Å². The van der Waals surface area contributed by atoms with Crippen LogP contribution in [0.1, 0.15) is 34.7 Å². The lowest BCUT2D eigenvalue weighted by Gasteiger charge is -2.27. The van der Waals surface area contributed by atoms with E-state index in [4.69, 9.17) is 0 Å². The molecule has 100 valence electrons. The Morgan fingerprint density at radius 1 is 0.895 bits per heavy atom. The molecule has 0 saturated carbocycles. The summed E-state index contributed by atoms with van der Waals surface area (Å²) in [5, 5.41) is 10.8. The lowest BCUT2D eigenvalue weighted by molar-refractivity contribution is 0.101. The lowest BCUT2D eigenvalue weighted by Crippen LogP contribution is -2.24. The van der Waals surface area contributed by atoms with Gasteiger partial charge in [0.25, 0.3) is 0 Å². The number of hydrogen-bond acceptors (Lipinski definition) is 1. The summed E-state index contributed by atoms with van der Waals surface area (Å²) < 4.78 is 13.2. The van der Waals surface area contributed by atoms with Gasteiger partial charge in [-0.3, -0.25) is 0 Å². The highest BCUT2D eigenvalue weighted by Gasteiger charge is 2.27. The van der Waals surface area contributed by atoms with Gasteiger partial charge in [0.1, 0.15) is 11.4 Å². The number of rotatable bonds is 2. The van der Waals surface area contributed by atoms with Crippen molar-refractivity contribution in [2.24, 2.45) is 0 Å². The predicted molar refractivity (Wildman–Crippen MR) is 75.7 cm³/mol. The fraction of sp³-hybridized carbons (Fsp3) is 0.294. The normalized spacial score (nSPS) is 14.2. The molecule has 0 aliphatic heterocycles. The summed E-state index contributed by atoms with van der Waals surface area (Å²) in [6.45, 7) is 7.62. The quantitative estimate of drug-likeness (QED) is 0.863. The molecule has 0 spiro atoms. The molecule has 0 aliphatic rings. The Bertz CT molecular complexity index is 615. The van der Waals surface area contributed by atoms with Gasteiger partial charge in [-0.25, -0.2) is 4.39 Å². The van der Waals surface area contributed by atoms with Crippen molar-refractivity contribution >= 4 is 0 Å². The highest BCUT2D eigenvalue weighted by molar-refractivity contribution is 5.42. The third-order valence-corrected chi connectivity index (χ3v) is 3.78. The molecule has 1 unspecified atom stereocenters. The summed E-state index contributed by atoms with van der Waals surface area (Å²) in [7, 11) is 0. The van der Waals surface area contributed by atoms with Crippen LogP contribution in [0.4, 0.5) is 4.39 Å². The van der Waals surface area contributed by atoms with E-state index < -0.39 is 5.60 Å². The van der Waals surface area contributed by atoms with Crippen LogP contribution in [0.25, 0.3) is 0 Å². The van der Waals surface area contributed by atoms with Crippen molar-refractivity contribution in [2.75, 3.05) is 0 Å². The zero-order valence-corrected chi connectivity index (χ0v) is 11.8. The van der Waals surface area contributed by atoms with E-state index in [9.17, 15) is 9.50 Å². The van der Waals surface area contributed by atoms with Crippen LogP contribution in [0, 0.1) is 26.6 Å². The van der Waals surface area contributed by atoms with Crippen molar-refractivity contribution in [2.45, 2.75) is 33.3 Å². The first-order chi connectivity index (χ1) is 8.82. The minimum Gasteiger partial charge on any atom is -0.381 e. The van der Waals surface area contributed by atoms with Crippen LogP contribution in [-0.2, 0) is 5.60 Å². The molecule has 0 fully saturated rings. The van der Waals surface area contributed by atoms with E-state index >= 15 is 0 Å². The summed E-state index contributed by atoms with van der Waals surface area (Å²) in [4.78, 5) is 0. The standard InChI is InChI=1S/C17H19FO/c1-11-5-6-14(9-12(11)2)17(4,19)16-8-7-15(18)10-13(16)3/h5-10,19H,1-4H3. The molecule has 1 nitrogen and oxygen atoms in total. The van der Waals surface area contributed by atoms with Gasteiger partial charge in [0.05, 0.1) is 0 Å². The molecular formula is C17H19FO. The molecular weight excluding hydrogens is 239 g/mol. The summed E-state index contributed by atoms with van der Waals surface area (Å²) in [5.41, 5.74) is 3.52. The summed E-state index contributed by atoms with van der Waals surface area (Å²) in [5.74, 6) is -0.280. The molecule has 0 aliphatic carbocycles. The Balaban J connectivity index is 2.54. The maximum Gasteiger partial charge on any atom is 0.123 e. The van der Waals surface area contributed by atoms with Gasteiger partial charge < -0.3 is 5.11 Å². The summed E-state index contributed by atoms with van der Waals surface area (Å²) in [6.07, 6.45) is 0. The van der Waals surface area contributed by atoms with Crippen molar-refractivity contribution in [3.8, 4) is 0 Å². The van der Waals surface area contributed by atoms with Crippen molar-refractivity contribution in [1.82, 2.24) is 0 Å². The smallest absolute Gasteiger partial charge is 0.123 e. The molecule has 0 heterocycles. The minimum absolute atomic E-state index is 0.280. The number of benzene rings is 2. The summed E-state index contributed by atoms with van der Waals surface area (Å²) in [6, 6.07) is 10.4. The van der Waals surface area contributed by atoms with Crippen LogP contribution < -0.4 is 0 Å². The molecule has 2 aromatic carbocycles. The largest absolute Gasteiger partial charge is 0.381 e. The Morgan fingerprint density at radius 3 is 2.16 bits per heavy atom. The van der Waals surface area contributed by atoms with Gasteiger partial charge in [0.2, 0.25) is 0 Å². The minimum atomic E-state index is -1.11. The molecule has 1 N–H and O–H groups in total. The van der Waals surface area contributed by atoms with Crippen LogP contribution in [0.3, 0.4) is 0 Å². The Kier molecular flexibility index (Phi) is 3.46. The van der Waals surface area contributed by atoms with Gasteiger partial charge in [-0.15, -0.1) is 0 Å². The van der Waals surface area contributed by atoms with Crippen LogP contribution in [-0.4, -0.2) is 5.11 Å². The van der Waals surface area contributed by atoms with Gasteiger partial charge in [-0.05, 0) is 67.6 Å². The molecule has 1 atom stereocenters. The molecule has 2 aromatic rings. The third-order valence-electron chi connectivity index (χ3n) is 3.78. The lowest BCUT2D eigenvalue weighted by atomic mass is 9.84. The van der Waals surface area contributed by atoms with E-state index in [1.54, 1.807) is 13.0 Å². The average molecular weight is 258 g/mol. The fourth-order valence-corrected chi connectivity index (χ4v) is 2.37. The first kappa shape index (κ1) is 13.8. The molecule has 0 amide bonds. The summed E-state index contributed by atoms with van der Waals surface area (Å²) >= 11 is 0. The van der Waals surface area contributed by atoms with Crippen LogP contribution in [0.2, 0.25) is 0 Å². The average Bonchev–Trinajstić information content (AvgIpc) is 2.32. The molecule has 0 saturated heterocycles. The van der Waals surface area contributed by atoms with Gasteiger partial charge in [-0.1, -0.05) is 24.3 Å². The van der Waals surface area contributed by atoms with Crippen LogP contribution >= 0.6 is 0 Å². The van der Waals surface area contributed by atoms with E-state index in [0.717, 1.165) is 22.3 Å². The van der Waals surface area contributed by atoms with Gasteiger partial charge in [0, 0.05) is 0 Å². The zero-order chi connectivity index (χ0) is 14.2. The van der Waals surface area contributed by atoms with E-state index in [-0.39, 0.29) is 5.82 Å². The fourth-order valence-electron chi connectivity index (χ4n) is 2.37. The second-order valence-corrected chi connectivity index (χ2v) is 5.33. The molecule has 19 heavy (non-hydrogen) atoms. The van der Waals surface area contributed by atoms with Gasteiger partial charge >= 0.3 is 0 Å². The SMILES string of the molecule is Cc1ccc(C(C)(O)c2ccc(F)cc2C)cc1C. The topological polar surface area (TPSA) is 20.2 Å². The monoisotopic (exact) mass is 258 g/mol. The number of halogens is 1. The third kappa shape index (κ3) is 2.54. The predicted octanol–water partition coefficient (Wildman–Crippen LogP) is 4.01. The Labute approximate surface area is 113 Å². The molecule has 0 radical (unpaired) electrons. The van der Waals surface area contributed by atoms with Crippen molar-refractivity contribution in [3.05, 3.63) is 70.0 Å². The van der Waals surface area contributed by atoms with E-state index in [2.05, 4.69) is 0 Å². The number of aryl methyl sites for hydroxylation is 3. The molecule has 2 heteroatoms. The van der Waals surface area contributed by atoms with E-state index in [1.165, 1.54) is 17.7 Å². The van der Waals surface area contributed by atoms with Crippen molar-refractivity contribution in [3.63, 3.8) is 0 Å². The maximum absolute atomic E-state index is 13.2. The first-order valence-corrected chi connectivity index (χ1v) is 6.39. The number of aliphatic hydroxyl groups is 1. The zero-order valence-electron chi connectivity index (χ0n) is 11.8. The highest BCUT2D eigenvalue weighted by Crippen LogP contribution is 2.32. The van der Waals surface area contributed by atoms with Gasteiger partial charge in [0.15, 0.2) is 0 Å². The highest BCUT2D eigenvalue weighted by atomic mass is 19.1. The van der Waals surface area contributed by atoms with E-state index in [0.29, 0.717) is 0 Å². The second-order valence-electron chi connectivity index (χ2n) is 5.33. The number of hydrogen-bond donors (Lipinski definition) is 1. The van der Waals surface area contributed by atoms with Gasteiger partial charge in [-0.2, -0.15) is 0 Å². The van der Waals surface area contributed by atoms with Crippen molar-refractivity contribution < 1.29 is 9.50 Å². The molecule has 0 aromatic heterocycles. The van der Waals surface area contributed by atoms with Crippen molar-refractivity contribution in [1.29, 1.82) is 0 Å².